The van der Waals surface area contributed by atoms with Gasteiger partial charge in [-0.2, -0.15) is 0 Å². The van der Waals surface area contributed by atoms with Crippen molar-refractivity contribution >= 4 is 11.9 Å². The van der Waals surface area contributed by atoms with Crippen molar-refractivity contribution in [2.24, 2.45) is 0 Å². The number of unbranched alkanes of at least 4 members (excludes halogenated alkanes) is 1. The lowest BCUT2D eigenvalue weighted by Crippen LogP contribution is -2.27. The third-order valence-electron chi connectivity index (χ3n) is 5.30. The molecule has 3 rings (SSSR count). The maximum absolute atomic E-state index is 13.1. The number of benzene rings is 2. The van der Waals surface area contributed by atoms with Crippen molar-refractivity contribution < 1.29 is 24.1 Å². The van der Waals surface area contributed by atoms with Crippen LogP contribution in [0, 0.1) is 0 Å². The number of carbonyl (C=O) groups is 1. The molecule has 0 fully saturated rings. The van der Waals surface area contributed by atoms with Crippen molar-refractivity contribution in [1.82, 2.24) is 0 Å². The molecule has 32 heavy (non-hydrogen) atoms. The molecule has 0 aromatic heterocycles. The van der Waals surface area contributed by atoms with E-state index in [0.29, 0.717) is 35.0 Å². The zero-order chi connectivity index (χ0) is 23.1. The number of rotatable bonds is 11. The van der Waals surface area contributed by atoms with Crippen molar-refractivity contribution in [2.75, 3.05) is 13.2 Å². The summed E-state index contributed by atoms with van der Waals surface area (Å²) in [4.78, 5) is 13.1. The smallest absolute Gasteiger partial charge is 0.203 e. The molecule has 0 spiro atoms. The normalized spacial score (nSPS) is 13.8. The molecule has 0 atom stereocenters. The number of ether oxygens (including phenoxy) is 3. The molecule has 0 radical (unpaired) electrons. The van der Waals surface area contributed by atoms with Gasteiger partial charge in [-0.1, -0.05) is 32.1 Å². The minimum absolute atomic E-state index is 0.181. The number of aliphatic hydroxyl groups is 1. The molecule has 0 saturated heterocycles. The van der Waals surface area contributed by atoms with E-state index < -0.39 is 5.60 Å². The fourth-order valence-corrected chi connectivity index (χ4v) is 3.59. The van der Waals surface area contributed by atoms with Crippen LogP contribution in [0.2, 0.25) is 0 Å². The number of hydrogen-bond acceptors (Lipinski definition) is 5. The van der Waals surface area contributed by atoms with Gasteiger partial charge < -0.3 is 19.3 Å². The maximum Gasteiger partial charge on any atom is 0.203 e. The number of aryl methyl sites for hydroxylation is 1. The number of aliphatic hydroxyl groups excluding tert-OH is 1. The summed E-state index contributed by atoms with van der Waals surface area (Å²) in [6.07, 6.45) is 8.61. The van der Waals surface area contributed by atoms with Crippen LogP contribution in [0.3, 0.4) is 0 Å². The van der Waals surface area contributed by atoms with Crippen molar-refractivity contribution in [3.63, 3.8) is 0 Å². The summed E-state index contributed by atoms with van der Waals surface area (Å²) < 4.78 is 17.7. The second kappa shape index (κ2) is 10.5. The van der Waals surface area contributed by atoms with Gasteiger partial charge in [0.2, 0.25) is 5.78 Å². The van der Waals surface area contributed by atoms with E-state index in [1.807, 2.05) is 44.2 Å². The zero-order valence-corrected chi connectivity index (χ0v) is 19.1. The van der Waals surface area contributed by atoms with Crippen LogP contribution in [0.15, 0.2) is 49.1 Å². The van der Waals surface area contributed by atoms with E-state index in [1.54, 1.807) is 18.2 Å². The van der Waals surface area contributed by atoms with Gasteiger partial charge in [0, 0.05) is 5.56 Å². The molecular formula is C27H32O5. The predicted octanol–water partition coefficient (Wildman–Crippen LogP) is 5.53. The van der Waals surface area contributed by atoms with Gasteiger partial charge in [-0.15, -0.1) is 0 Å². The molecule has 0 amide bonds. The first-order valence-corrected chi connectivity index (χ1v) is 11.1. The standard InChI is InChI=1S/C27H32O5/c1-5-7-8-19-9-11-21(25(16-19)30-15-6-2)23(29)18-31-26-20(17-28)10-12-24-22(26)13-14-27(3,4)32-24/h6,9-14,16,28H,2,5,7-8,15,17-18H2,1,3-4H3. The van der Waals surface area contributed by atoms with Crippen LogP contribution in [0.4, 0.5) is 0 Å². The van der Waals surface area contributed by atoms with Crippen LogP contribution in [0.25, 0.3) is 6.08 Å². The average molecular weight is 437 g/mol. The molecule has 5 nitrogen and oxygen atoms in total. The highest BCUT2D eigenvalue weighted by Gasteiger charge is 2.25. The SMILES string of the molecule is C=CCOc1cc(CCCC)ccc1C(=O)COc1c(CO)ccc2c1C=CC(C)(C)O2. The topological polar surface area (TPSA) is 65.0 Å². The van der Waals surface area contributed by atoms with E-state index in [9.17, 15) is 9.90 Å². The third kappa shape index (κ3) is 5.60. The van der Waals surface area contributed by atoms with Crippen LogP contribution in [-0.2, 0) is 13.0 Å². The van der Waals surface area contributed by atoms with Crippen LogP contribution in [-0.4, -0.2) is 29.7 Å². The molecule has 0 aliphatic carbocycles. The first-order valence-electron chi connectivity index (χ1n) is 11.1. The Hall–Kier alpha value is -3.05. The number of Topliss-reactive ketones (excluding diaryl/α,β-unsaturated/α-hetero) is 1. The summed E-state index contributed by atoms with van der Waals surface area (Å²) in [7, 11) is 0. The third-order valence-corrected chi connectivity index (χ3v) is 5.30. The molecule has 0 saturated carbocycles. The van der Waals surface area contributed by atoms with Crippen molar-refractivity contribution in [1.29, 1.82) is 0 Å². The van der Waals surface area contributed by atoms with Gasteiger partial charge in [0.1, 0.15) is 29.5 Å². The zero-order valence-electron chi connectivity index (χ0n) is 19.1. The lowest BCUT2D eigenvalue weighted by Gasteiger charge is -2.29. The summed E-state index contributed by atoms with van der Waals surface area (Å²) in [5.74, 6) is 1.45. The molecule has 1 heterocycles. The molecule has 0 unspecified atom stereocenters. The Bertz CT molecular complexity index is 1000. The molecular weight excluding hydrogens is 404 g/mol. The highest BCUT2D eigenvalue weighted by Crippen LogP contribution is 2.39. The van der Waals surface area contributed by atoms with Crippen molar-refractivity contribution in [3.8, 4) is 17.2 Å². The molecule has 0 bridgehead atoms. The van der Waals surface area contributed by atoms with E-state index in [-0.39, 0.29) is 19.0 Å². The summed E-state index contributed by atoms with van der Waals surface area (Å²) in [5, 5.41) is 9.79. The minimum atomic E-state index is -0.433. The van der Waals surface area contributed by atoms with Crippen LogP contribution in [0.5, 0.6) is 17.2 Å². The molecule has 1 aliphatic rings. The van der Waals surface area contributed by atoms with Gasteiger partial charge in [-0.3, -0.25) is 4.79 Å². The first kappa shape index (κ1) is 23.6. The number of carbonyl (C=O) groups excluding carboxylic acids is 1. The Morgan fingerprint density at radius 3 is 2.75 bits per heavy atom. The Morgan fingerprint density at radius 2 is 2.03 bits per heavy atom. The molecule has 1 N–H and O–H groups in total. The average Bonchev–Trinajstić information content (AvgIpc) is 2.78. The van der Waals surface area contributed by atoms with Gasteiger partial charge in [0.25, 0.3) is 0 Å². The Kier molecular flexibility index (Phi) is 7.75. The van der Waals surface area contributed by atoms with E-state index >= 15 is 0 Å². The molecule has 5 heteroatoms. The van der Waals surface area contributed by atoms with Gasteiger partial charge in [0.15, 0.2) is 6.61 Å². The van der Waals surface area contributed by atoms with Crippen LogP contribution in [0.1, 0.15) is 60.7 Å². The summed E-state index contributed by atoms with van der Waals surface area (Å²) in [5.41, 5.74) is 2.49. The van der Waals surface area contributed by atoms with Gasteiger partial charge in [0.05, 0.1) is 17.7 Å². The maximum atomic E-state index is 13.1. The fraction of sp³-hybridized carbons (Fsp3) is 0.370. The molecule has 170 valence electrons. The van der Waals surface area contributed by atoms with Gasteiger partial charge in [-0.25, -0.2) is 0 Å². The highest BCUT2D eigenvalue weighted by atomic mass is 16.5. The first-order chi connectivity index (χ1) is 15.4. The Labute approximate surface area is 190 Å². The second-order valence-corrected chi connectivity index (χ2v) is 8.41. The largest absolute Gasteiger partial charge is 0.489 e. The summed E-state index contributed by atoms with van der Waals surface area (Å²) in [6, 6.07) is 9.26. The van der Waals surface area contributed by atoms with Crippen molar-refractivity contribution in [2.45, 2.75) is 52.2 Å². The lowest BCUT2D eigenvalue weighted by atomic mass is 9.99. The lowest BCUT2D eigenvalue weighted by molar-refractivity contribution is 0.0914. The van der Waals surface area contributed by atoms with Crippen molar-refractivity contribution in [3.05, 3.63) is 71.3 Å². The van der Waals surface area contributed by atoms with E-state index in [0.717, 1.165) is 30.4 Å². The quantitative estimate of drug-likeness (QED) is 0.370. The minimum Gasteiger partial charge on any atom is -0.489 e. The Balaban J connectivity index is 1.83. The Morgan fingerprint density at radius 1 is 1.22 bits per heavy atom. The second-order valence-electron chi connectivity index (χ2n) is 8.41. The molecule has 1 aliphatic heterocycles. The molecule has 2 aromatic rings. The van der Waals surface area contributed by atoms with E-state index in [4.69, 9.17) is 14.2 Å². The number of ketones is 1. The predicted molar refractivity (Wildman–Crippen MR) is 127 cm³/mol. The van der Waals surface area contributed by atoms with Gasteiger partial charge >= 0.3 is 0 Å². The molecule has 2 aromatic carbocycles. The van der Waals surface area contributed by atoms with E-state index in [1.165, 1.54) is 0 Å². The van der Waals surface area contributed by atoms with E-state index in [2.05, 4.69) is 13.5 Å². The summed E-state index contributed by atoms with van der Waals surface area (Å²) >= 11 is 0. The summed E-state index contributed by atoms with van der Waals surface area (Å²) in [6.45, 7) is 9.70. The highest BCUT2D eigenvalue weighted by molar-refractivity contribution is 6.00. The van der Waals surface area contributed by atoms with Gasteiger partial charge in [-0.05, 0) is 68.7 Å². The number of fused-ring (bicyclic) bond motifs is 1. The number of hydrogen-bond donors (Lipinski definition) is 1. The van der Waals surface area contributed by atoms with Crippen LogP contribution < -0.4 is 14.2 Å². The monoisotopic (exact) mass is 436 g/mol. The fourth-order valence-electron chi connectivity index (χ4n) is 3.59. The van der Waals surface area contributed by atoms with Crippen LogP contribution >= 0.6 is 0 Å².